The predicted octanol–water partition coefficient (Wildman–Crippen LogP) is 3.55. The summed E-state index contributed by atoms with van der Waals surface area (Å²) in [6, 6.07) is 5.83. The quantitative estimate of drug-likeness (QED) is 0.915. The topological polar surface area (TPSA) is 15.3 Å². The zero-order valence-corrected chi connectivity index (χ0v) is 13.5. The van der Waals surface area contributed by atoms with E-state index in [9.17, 15) is 4.39 Å². The van der Waals surface area contributed by atoms with E-state index in [2.05, 4.69) is 30.1 Å². The molecule has 1 atom stereocenters. The average molecular weight is 301 g/mol. The van der Waals surface area contributed by atoms with Gasteiger partial charge in [0.1, 0.15) is 5.82 Å². The van der Waals surface area contributed by atoms with E-state index in [1.165, 1.54) is 0 Å². The molecule has 0 unspecified atom stereocenters. The first-order chi connectivity index (χ1) is 9.09. The zero-order valence-electron chi connectivity index (χ0n) is 12.7. The third-order valence-corrected chi connectivity index (χ3v) is 3.96. The summed E-state index contributed by atoms with van der Waals surface area (Å²) >= 11 is 0. The molecule has 1 N–H and O–H groups in total. The van der Waals surface area contributed by atoms with Gasteiger partial charge in [-0.25, -0.2) is 4.39 Å². The maximum absolute atomic E-state index is 13.8. The van der Waals surface area contributed by atoms with E-state index in [1.807, 2.05) is 13.0 Å². The summed E-state index contributed by atoms with van der Waals surface area (Å²) in [5, 5.41) is 3.38. The lowest BCUT2D eigenvalue weighted by atomic mass is 9.92. The van der Waals surface area contributed by atoms with Crippen LogP contribution in [0.4, 0.5) is 4.39 Å². The van der Waals surface area contributed by atoms with E-state index in [4.69, 9.17) is 0 Å². The Morgan fingerprint density at radius 2 is 1.90 bits per heavy atom. The molecule has 1 aromatic carbocycles. The van der Waals surface area contributed by atoms with Crippen molar-refractivity contribution in [1.29, 1.82) is 0 Å². The fraction of sp³-hybridized carbons (Fsp3) is 0.625. The summed E-state index contributed by atoms with van der Waals surface area (Å²) in [6.45, 7) is 10.5. The van der Waals surface area contributed by atoms with E-state index >= 15 is 0 Å². The van der Waals surface area contributed by atoms with Crippen LogP contribution < -0.4 is 5.32 Å². The highest BCUT2D eigenvalue weighted by molar-refractivity contribution is 5.85. The SMILES string of the molecule is Cc1c(F)cccc1[C@H](CC(C)C)N1CCNCC1.Cl. The van der Waals surface area contributed by atoms with Gasteiger partial charge in [-0.3, -0.25) is 4.90 Å². The summed E-state index contributed by atoms with van der Waals surface area (Å²) in [7, 11) is 0. The van der Waals surface area contributed by atoms with Crippen LogP contribution >= 0.6 is 12.4 Å². The molecule has 114 valence electrons. The molecule has 0 amide bonds. The van der Waals surface area contributed by atoms with Gasteiger partial charge in [0, 0.05) is 32.2 Å². The van der Waals surface area contributed by atoms with E-state index in [1.54, 1.807) is 6.07 Å². The van der Waals surface area contributed by atoms with Crippen LogP contribution in [0, 0.1) is 18.7 Å². The van der Waals surface area contributed by atoms with Crippen molar-refractivity contribution >= 4 is 12.4 Å². The molecule has 0 spiro atoms. The molecule has 0 radical (unpaired) electrons. The Kier molecular flexibility index (Phi) is 6.93. The maximum atomic E-state index is 13.8. The molecule has 0 saturated carbocycles. The number of nitrogens with one attached hydrogen (secondary N) is 1. The van der Waals surface area contributed by atoms with Crippen molar-refractivity contribution in [2.45, 2.75) is 33.2 Å². The average Bonchev–Trinajstić information content (AvgIpc) is 2.40. The molecule has 20 heavy (non-hydrogen) atoms. The van der Waals surface area contributed by atoms with Crippen LogP contribution in [0.15, 0.2) is 18.2 Å². The van der Waals surface area contributed by atoms with E-state index in [0.717, 1.165) is 43.7 Å². The Balaban J connectivity index is 0.00000200. The third-order valence-electron chi connectivity index (χ3n) is 3.96. The molecule has 1 aliphatic rings. The lowest BCUT2D eigenvalue weighted by Crippen LogP contribution is -2.45. The molecule has 2 rings (SSSR count). The van der Waals surface area contributed by atoms with Gasteiger partial charge in [0.25, 0.3) is 0 Å². The van der Waals surface area contributed by atoms with Crippen LogP contribution in [0.5, 0.6) is 0 Å². The lowest BCUT2D eigenvalue weighted by molar-refractivity contribution is 0.153. The molecule has 0 aromatic heterocycles. The molecule has 1 saturated heterocycles. The highest BCUT2D eigenvalue weighted by Crippen LogP contribution is 2.31. The Hall–Kier alpha value is -0.640. The number of halogens is 2. The van der Waals surface area contributed by atoms with Crippen molar-refractivity contribution < 1.29 is 4.39 Å². The van der Waals surface area contributed by atoms with Gasteiger partial charge in [0.05, 0.1) is 0 Å². The maximum Gasteiger partial charge on any atom is 0.126 e. The zero-order chi connectivity index (χ0) is 13.8. The van der Waals surface area contributed by atoms with Crippen LogP contribution in [-0.4, -0.2) is 31.1 Å². The molecule has 1 fully saturated rings. The minimum absolute atomic E-state index is 0. The summed E-state index contributed by atoms with van der Waals surface area (Å²) < 4.78 is 13.8. The molecule has 2 nitrogen and oxygen atoms in total. The van der Waals surface area contributed by atoms with Crippen molar-refractivity contribution in [3.63, 3.8) is 0 Å². The monoisotopic (exact) mass is 300 g/mol. The first-order valence-electron chi connectivity index (χ1n) is 7.29. The fourth-order valence-electron chi connectivity index (χ4n) is 2.90. The highest BCUT2D eigenvalue weighted by atomic mass is 35.5. The van der Waals surface area contributed by atoms with Crippen LogP contribution in [0.2, 0.25) is 0 Å². The third kappa shape index (κ3) is 4.18. The number of hydrogen-bond donors (Lipinski definition) is 1. The van der Waals surface area contributed by atoms with E-state index in [-0.39, 0.29) is 18.2 Å². The van der Waals surface area contributed by atoms with Gasteiger partial charge in [0.15, 0.2) is 0 Å². The number of nitrogens with zero attached hydrogens (tertiary/aromatic N) is 1. The second-order valence-electron chi connectivity index (χ2n) is 5.89. The van der Waals surface area contributed by atoms with E-state index in [0.29, 0.717) is 12.0 Å². The van der Waals surface area contributed by atoms with Crippen LogP contribution in [0.1, 0.15) is 37.4 Å². The predicted molar refractivity (Wildman–Crippen MR) is 85.0 cm³/mol. The van der Waals surface area contributed by atoms with Gasteiger partial charge >= 0.3 is 0 Å². The smallest absolute Gasteiger partial charge is 0.126 e. The Bertz CT molecular complexity index is 417. The van der Waals surface area contributed by atoms with Crippen molar-refractivity contribution in [2.75, 3.05) is 26.2 Å². The fourth-order valence-corrected chi connectivity index (χ4v) is 2.90. The minimum Gasteiger partial charge on any atom is -0.314 e. The van der Waals surface area contributed by atoms with Crippen molar-refractivity contribution in [3.05, 3.63) is 35.1 Å². The second-order valence-corrected chi connectivity index (χ2v) is 5.89. The number of rotatable bonds is 4. The van der Waals surface area contributed by atoms with Crippen molar-refractivity contribution in [3.8, 4) is 0 Å². The summed E-state index contributed by atoms with van der Waals surface area (Å²) in [6.07, 6.45) is 1.09. The first-order valence-corrected chi connectivity index (χ1v) is 7.29. The molecule has 4 heteroatoms. The molecule has 1 heterocycles. The summed E-state index contributed by atoms with van der Waals surface area (Å²) in [4.78, 5) is 2.50. The number of benzene rings is 1. The molecular weight excluding hydrogens is 275 g/mol. The molecular formula is C16H26ClFN2. The standard InChI is InChI=1S/C16H25FN2.ClH/c1-12(2)11-16(19-9-7-18-8-10-19)14-5-4-6-15(17)13(14)3;/h4-6,12,16,18H,7-11H2,1-3H3;1H/t16-;/m0./s1. The van der Waals surface area contributed by atoms with Crippen LogP contribution in [0.25, 0.3) is 0 Å². The largest absolute Gasteiger partial charge is 0.314 e. The molecule has 0 bridgehead atoms. The van der Waals surface area contributed by atoms with E-state index < -0.39 is 0 Å². The van der Waals surface area contributed by atoms with Crippen molar-refractivity contribution in [1.82, 2.24) is 10.2 Å². The highest BCUT2D eigenvalue weighted by Gasteiger charge is 2.24. The van der Waals surface area contributed by atoms with Crippen molar-refractivity contribution in [2.24, 2.45) is 5.92 Å². The summed E-state index contributed by atoms with van der Waals surface area (Å²) in [5.41, 5.74) is 1.97. The Morgan fingerprint density at radius 1 is 1.25 bits per heavy atom. The van der Waals surface area contributed by atoms with Gasteiger partial charge in [-0.2, -0.15) is 0 Å². The Morgan fingerprint density at radius 3 is 2.50 bits per heavy atom. The normalized spacial score (nSPS) is 17.9. The van der Waals surface area contributed by atoms with Gasteiger partial charge < -0.3 is 5.32 Å². The van der Waals surface area contributed by atoms with Gasteiger partial charge in [0.2, 0.25) is 0 Å². The molecule has 1 aromatic rings. The first kappa shape index (κ1) is 17.4. The van der Waals surface area contributed by atoms with Crippen LogP contribution in [0.3, 0.4) is 0 Å². The number of piperazine rings is 1. The minimum atomic E-state index is -0.0820. The van der Waals surface area contributed by atoms with Crippen LogP contribution in [-0.2, 0) is 0 Å². The summed E-state index contributed by atoms with van der Waals surface area (Å²) in [5.74, 6) is 0.531. The molecule has 0 aliphatic carbocycles. The van der Waals surface area contributed by atoms with Gasteiger partial charge in [-0.15, -0.1) is 12.4 Å². The number of hydrogen-bond acceptors (Lipinski definition) is 2. The van der Waals surface area contributed by atoms with Gasteiger partial charge in [-0.1, -0.05) is 26.0 Å². The Labute approximate surface area is 128 Å². The van der Waals surface area contributed by atoms with Gasteiger partial charge in [-0.05, 0) is 36.5 Å². The molecule has 1 aliphatic heterocycles. The second kappa shape index (κ2) is 7.96. The lowest BCUT2D eigenvalue weighted by Gasteiger charge is -2.37.